The van der Waals surface area contributed by atoms with E-state index in [-0.39, 0.29) is 69.0 Å². The van der Waals surface area contributed by atoms with Gasteiger partial charge in [0, 0.05) is 0 Å². The quantitative estimate of drug-likeness (QED) is 0.232. The van der Waals surface area contributed by atoms with Crippen LogP contribution in [0.1, 0.15) is 20.7 Å². The van der Waals surface area contributed by atoms with Gasteiger partial charge in [0.05, 0.1) is 11.5 Å². The number of aromatic carboxylic acids is 1. The van der Waals surface area contributed by atoms with E-state index in [1.54, 1.807) is 0 Å². The first-order valence-electron chi connectivity index (χ1n) is 3.61. The van der Waals surface area contributed by atoms with Crippen LogP contribution in [0.2, 0.25) is 0 Å². The number of hydrogen-bond acceptors (Lipinski definition) is 5. The SMILES string of the molecule is O=COC(=O)c1ccc(C(=O)[O-])cc1.[K+]. The molecule has 0 saturated heterocycles. The Balaban J connectivity index is 0.00000196. The number of carboxylic acid groups (broad SMARTS) is 1. The molecule has 0 N–H and O–H groups in total. The summed E-state index contributed by atoms with van der Waals surface area (Å²) >= 11 is 0. The molecule has 0 aliphatic heterocycles. The van der Waals surface area contributed by atoms with Crippen LogP contribution >= 0.6 is 0 Å². The molecule has 0 radical (unpaired) electrons. The summed E-state index contributed by atoms with van der Waals surface area (Å²) in [5, 5.41) is 10.3. The Morgan fingerprint density at radius 1 is 1.13 bits per heavy atom. The van der Waals surface area contributed by atoms with Crippen LogP contribution in [0.25, 0.3) is 0 Å². The van der Waals surface area contributed by atoms with Crippen LogP contribution in [-0.4, -0.2) is 18.4 Å². The van der Waals surface area contributed by atoms with Gasteiger partial charge in [0.2, 0.25) is 0 Å². The normalized spacial score (nSPS) is 8.53. The van der Waals surface area contributed by atoms with Gasteiger partial charge in [-0.1, -0.05) is 12.1 Å². The molecule has 0 aromatic heterocycles. The van der Waals surface area contributed by atoms with E-state index in [2.05, 4.69) is 4.74 Å². The second-order valence-corrected chi connectivity index (χ2v) is 2.37. The van der Waals surface area contributed by atoms with Crippen molar-refractivity contribution in [3.05, 3.63) is 35.4 Å². The molecule has 0 unspecified atom stereocenters. The fourth-order valence-corrected chi connectivity index (χ4v) is 0.854. The van der Waals surface area contributed by atoms with Crippen LogP contribution in [0, 0.1) is 0 Å². The molecule has 1 aromatic carbocycles. The Morgan fingerprint density at radius 3 is 2.00 bits per heavy atom. The number of benzene rings is 1. The van der Waals surface area contributed by atoms with Gasteiger partial charge in [-0.15, -0.1) is 0 Å². The molecule has 0 atom stereocenters. The minimum absolute atomic E-state index is 0. The molecule has 0 aliphatic rings. The Bertz CT molecular complexity index is 371. The van der Waals surface area contributed by atoms with Crippen molar-refractivity contribution in [3.63, 3.8) is 0 Å². The van der Waals surface area contributed by atoms with Crippen molar-refractivity contribution >= 4 is 18.4 Å². The largest absolute Gasteiger partial charge is 1.00 e. The van der Waals surface area contributed by atoms with E-state index in [0.29, 0.717) is 0 Å². The molecule has 0 heterocycles. The number of rotatable bonds is 3. The maximum Gasteiger partial charge on any atom is 1.00 e. The summed E-state index contributed by atoms with van der Waals surface area (Å²) in [7, 11) is 0. The summed E-state index contributed by atoms with van der Waals surface area (Å²) in [6.45, 7) is 0.00892. The first-order chi connectivity index (χ1) is 6.65. The van der Waals surface area contributed by atoms with Crippen molar-refractivity contribution in [2.24, 2.45) is 0 Å². The summed E-state index contributed by atoms with van der Waals surface area (Å²) in [4.78, 5) is 31.1. The Hall–Kier alpha value is -0.534. The second kappa shape index (κ2) is 6.86. The molecule has 0 aliphatic carbocycles. The molecular weight excluding hydrogens is 227 g/mol. The molecule has 72 valence electrons. The summed E-state index contributed by atoms with van der Waals surface area (Å²) in [6.07, 6.45) is 0. The van der Waals surface area contributed by atoms with E-state index in [1.165, 1.54) is 24.3 Å². The third-order valence-corrected chi connectivity index (χ3v) is 1.51. The van der Waals surface area contributed by atoms with Crippen LogP contribution in [0.3, 0.4) is 0 Å². The molecular formula is C9H5KO5. The van der Waals surface area contributed by atoms with Crippen molar-refractivity contribution < 1.29 is 75.6 Å². The molecule has 1 rings (SSSR count). The van der Waals surface area contributed by atoms with Crippen molar-refractivity contribution in [2.45, 2.75) is 0 Å². The minimum atomic E-state index is -1.33. The number of carbonyl (C=O) groups is 3. The fourth-order valence-electron chi connectivity index (χ4n) is 0.854. The van der Waals surface area contributed by atoms with Gasteiger partial charge in [0.15, 0.2) is 0 Å². The van der Waals surface area contributed by atoms with Gasteiger partial charge in [-0.05, 0) is 17.7 Å². The van der Waals surface area contributed by atoms with Crippen molar-refractivity contribution in [1.82, 2.24) is 0 Å². The van der Waals surface area contributed by atoms with Crippen molar-refractivity contribution in [1.29, 1.82) is 0 Å². The average Bonchev–Trinajstić information content (AvgIpc) is 2.18. The zero-order chi connectivity index (χ0) is 10.6. The third-order valence-electron chi connectivity index (χ3n) is 1.51. The molecule has 0 bridgehead atoms. The van der Waals surface area contributed by atoms with Gasteiger partial charge in [0.1, 0.15) is 0 Å². The van der Waals surface area contributed by atoms with Crippen molar-refractivity contribution in [3.8, 4) is 0 Å². The number of hydrogen-bond donors (Lipinski definition) is 0. The first-order valence-corrected chi connectivity index (χ1v) is 3.61. The molecule has 5 nitrogen and oxygen atoms in total. The van der Waals surface area contributed by atoms with Crippen LogP contribution in [-0.2, 0) is 9.53 Å². The van der Waals surface area contributed by atoms with Gasteiger partial charge < -0.3 is 14.6 Å². The van der Waals surface area contributed by atoms with Crippen LogP contribution in [0.4, 0.5) is 0 Å². The Kier molecular flexibility index (Phi) is 6.62. The number of ether oxygens (including phenoxy) is 1. The predicted octanol–water partition coefficient (Wildman–Crippen LogP) is -3.63. The van der Waals surface area contributed by atoms with E-state index in [0.717, 1.165) is 0 Å². The van der Waals surface area contributed by atoms with Gasteiger partial charge in [0.25, 0.3) is 0 Å². The van der Waals surface area contributed by atoms with Gasteiger partial charge >= 0.3 is 63.8 Å². The standard InChI is InChI=1S/C9H6O5.K/c10-5-14-9(13)7-3-1-6(2-4-7)8(11)12;/h1-5H,(H,11,12);/q;+1/p-1. The van der Waals surface area contributed by atoms with Crippen molar-refractivity contribution in [2.75, 3.05) is 0 Å². The van der Waals surface area contributed by atoms with E-state index < -0.39 is 11.9 Å². The molecule has 0 amide bonds. The van der Waals surface area contributed by atoms with E-state index in [1.807, 2.05) is 0 Å². The summed E-state index contributed by atoms with van der Waals surface area (Å²) in [5.74, 6) is -2.16. The van der Waals surface area contributed by atoms with E-state index >= 15 is 0 Å². The number of esters is 1. The fraction of sp³-hybridized carbons (Fsp3) is 0. The molecule has 15 heavy (non-hydrogen) atoms. The monoisotopic (exact) mass is 232 g/mol. The van der Waals surface area contributed by atoms with Crippen LogP contribution in [0.15, 0.2) is 24.3 Å². The van der Waals surface area contributed by atoms with Gasteiger partial charge in [-0.2, -0.15) is 0 Å². The Labute approximate surface area is 128 Å². The zero-order valence-corrected chi connectivity index (χ0v) is 11.1. The number of carbonyl (C=O) groups excluding carboxylic acids is 3. The summed E-state index contributed by atoms with van der Waals surface area (Å²) < 4.78 is 4.05. The minimum Gasteiger partial charge on any atom is -0.545 e. The predicted molar refractivity (Wildman–Crippen MR) is 42.3 cm³/mol. The Morgan fingerprint density at radius 2 is 1.60 bits per heavy atom. The third kappa shape index (κ3) is 4.23. The van der Waals surface area contributed by atoms with Crippen LogP contribution in [0.5, 0.6) is 0 Å². The summed E-state index contributed by atoms with van der Waals surface area (Å²) in [6, 6.07) is 4.85. The maximum atomic E-state index is 10.9. The topological polar surface area (TPSA) is 83.5 Å². The van der Waals surface area contributed by atoms with E-state index in [4.69, 9.17) is 0 Å². The summed E-state index contributed by atoms with van der Waals surface area (Å²) in [5.41, 5.74) is 0.0507. The smallest absolute Gasteiger partial charge is 0.545 e. The molecule has 6 heteroatoms. The maximum absolute atomic E-state index is 10.9. The van der Waals surface area contributed by atoms with Gasteiger partial charge in [-0.3, -0.25) is 4.79 Å². The average molecular weight is 232 g/mol. The first kappa shape index (κ1) is 14.5. The number of carboxylic acids is 1. The van der Waals surface area contributed by atoms with Crippen LogP contribution < -0.4 is 56.5 Å². The van der Waals surface area contributed by atoms with E-state index in [9.17, 15) is 19.5 Å². The molecule has 0 saturated carbocycles. The molecule has 0 spiro atoms. The molecule has 0 fully saturated rings. The zero-order valence-electron chi connectivity index (χ0n) is 7.93. The molecule has 1 aromatic rings. The second-order valence-electron chi connectivity index (χ2n) is 2.37. The van der Waals surface area contributed by atoms with Gasteiger partial charge in [-0.25, -0.2) is 4.79 Å².